The van der Waals surface area contributed by atoms with E-state index in [1.165, 1.54) is 0 Å². The minimum absolute atomic E-state index is 0.0408. The lowest BCUT2D eigenvalue weighted by atomic mass is 10.1. The number of rotatable bonds is 13. The molecule has 33 heavy (non-hydrogen) atoms. The van der Waals surface area contributed by atoms with Gasteiger partial charge in [-0.25, -0.2) is 0 Å². The summed E-state index contributed by atoms with van der Waals surface area (Å²) >= 11 is 0. The van der Waals surface area contributed by atoms with E-state index < -0.39 is 6.04 Å². The minimum Gasteiger partial charge on any atom is -0.497 e. The first-order valence-corrected chi connectivity index (χ1v) is 11.8. The quantitative estimate of drug-likeness (QED) is 0.438. The first-order valence-electron chi connectivity index (χ1n) is 11.8. The Hall–Kier alpha value is -3.02. The highest BCUT2D eigenvalue weighted by Gasteiger charge is 2.28. The molecule has 0 aromatic heterocycles. The average molecular weight is 455 g/mol. The average Bonchev–Trinajstić information content (AvgIpc) is 2.81. The van der Waals surface area contributed by atoms with E-state index in [-0.39, 0.29) is 17.9 Å². The SMILES string of the molecule is CC[C@H](C(=O)N[C@@H](C)CC)N(Cc1cccc(C)c1)C(=O)CCCOc1ccc(OC)cc1. The molecule has 0 fully saturated rings. The van der Waals surface area contributed by atoms with E-state index in [4.69, 9.17) is 9.47 Å². The first kappa shape index (κ1) is 26.2. The predicted octanol–water partition coefficient (Wildman–Crippen LogP) is 4.88. The lowest BCUT2D eigenvalue weighted by Crippen LogP contribution is -2.50. The second-order valence-electron chi connectivity index (χ2n) is 8.38. The molecule has 0 aliphatic carbocycles. The Morgan fingerprint density at radius 2 is 1.73 bits per heavy atom. The Labute approximate surface area is 198 Å². The number of methoxy groups -OCH3 is 1. The van der Waals surface area contributed by atoms with E-state index in [0.717, 1.165) is 29.0 Å². The van der Waals surface area contributed by atoms with Gasteiger partial charge in [-0.1, -0.05) is 43.7 Å². The highest BCUT2D eigenvalue weighted by molar-refractivity contribution is 5.87. The largest absolute Gasteiger partial charge is 0.497 e. The third-order valence-electron chi connectivity index (χ3n) is 5.69. The van der Waals surface area contributed by atoms with Gasteiger partial charge in [0.05, 0.1) is 13.7 Å². The summed E-state index contributed by atoms with van der Waals surface area (Å²) in [6, 6.07) is 15.0. The molecule has 0 radical (unpaired) electrons. The van der Waals surface area contributed by atoms with E-state index >= 15 is 0 Å². The van der Waals surface area contributed by atoms with Crippen molar-refractivity contribution in [2.45, 2.75) is 72.0 Å². The van der Waals surface area contributed by atoms with Crippen LogP contribution < -0.4 is 14.8 Å². The number of hydrogen-bond acceptors (Lipinski definition) is 4. The third kappa shape index (κ3) is 8.44. The number of ether oxygens (including phenoxy) is 2. The van der Waals surface area contributed by atoms with E-state index in [0.29, 0.717) is 32.4 Å². The molecular formula is C27H38N2O4. The van der Waals surface area contributed by atoms with Gasteiger partial charge in [0.1, 0.15) is 17.5 Å². The van der Waals surface area contributed by atoms with Crippen molar-refractivity contribution in [3.8, 4) is 11.5 Å². The molecule has 2 rings (SSSR count). The monoisotopic (exact) mass is 454 g/mol. The topological polar surface area (TPSA) is 67.9 Å². The van der Waals surface area contributed by atoms with Crippen molar-refractivity contribution in [2.24, 2.45) is 0 Å². The van der Waals surface area contributed by atoms with Gasteiger partial charge < -0.3 is 19.7 Å². The van der Waals surface area contributed by atoms with Crippen molar-refractivity contribution in [3.05, 3.63) is 59.7 Å². The first-order chi connectivity index (χ1) is 15.9. The zero-order valence-electron chi connectivity index (χ0n) is 20.6. The van der Waals surface area contributed by atoms with Crippen LogP contribution in [0, 0.1) is 6.92 Å². The van der Waals surface area contributed by atoms with E-state index in [1.807, 2.05) is 70.2 Å². The number of benzene rings is 2. The molecule has 2 aromatic rings. The Morgan fingerprint density at radius 1 is 1.03 bits per heavy atom. The Balaban J connectivity index is 2.05. The molecule has 0 aliphatic heterocycles. The predicted molar refractivity (Wildman–Crippen MR) is 131 cm³/mol. The third-order valence-corrected chi connectivity index (χ3v) is 5.69. The fourth-order valence-electron chi connectivity index (χ4n) is 3.60. The molecule has 2 atom stereocenters. The van der Waals surface area contributed by atoms with Gasteiger partial charge in [-0.15, -0.1) is 0 Å². The van der Waals surface area contributed by atoms with Gasteiger partial charge in [0.25, 0.3) is 0 Å². The second kappa shape index (κ2) is 13.5. The summed E-state index contributed by atoms with van der Waals surface area (Å²) < 4.78 is 10.9. The van der Waals surface area contributed by atoms with Crippen molar-refractivity contribution in [1.29, 1.82) is 0 Å². The molecule has 0 spiro atoms. The molecule has 180 valence electrons. The minimum atomic E-state index is -0.505. The summed E-state index contributed by atoms with van der Waals surface area (Å²) in [6.07, 6.45) is 2.28. The van der Waals surface area contributed by atoms with Crippen LogP contribution in [0.2, 0.25) is 0 Å². The molecule has 0 unspecified atom stereocenters. The smallest absolute Gasteiger partial charge is 0.243 e. The molecule has 6 nitrogen and oxygen atoms in total. The molecule has 2 amide bonds. The van der Waals surface area contributed by atoms with Gasteiger partial charge in [0.15, 0.2) is 0 Å². The fraction of sp³-hybridized carbons (Fsp3) is 0.481. The van der Waals surface area contributed by atoms with Gasteiger partial charge in [0, 0.05) is 19.0 Å². The Kier molecular flexibility index (Phi) is 10.7. The van der Waals surface area contributed by atoms with Crippen LogP contribution in [-0.2, 0) is 16.1 Å². The molecule has 1 N–H and O–H groups in total. The molecular weight excluding hydrogens is 416 g/mol. The fourth-order valence-corrected chi connectivity index (χ4v) is 3.60. The highest BCUT2D eigenvalue weighted by Crippen LogP contribution is 2.18. The van der Waals surface area contributed by atoms with E-state index in [9.17, 15) is 9.59 Å². The van der Waals surface area contributed by atoms with Gasteiger partial charge in [-0.2, -0.15) is 0 Å². The summed E-state index contributed by atoms with van der Waals surface area (Å²) in [5, 5.41) is 3.04. The molecule has 0 saturated carbocycles. The van der Waals surface area contributed by atoms with Crippen LogP contribution in [0.3, 0.4) is 0 Å². The summed E-state index contributed by atoms with van der Waals surface area (Å²) in [5.74, 6) is 1.37. The number of carbonyl (C=O) groups excluding carboxylic acids is 2. The van der Waals surface area contributed by atoms with Crippen molar-refractivity contribution in [3.63, 3.8) is 0 Å². The summed E-state index contributed by atoms with van der Waals surface area (Å²) in [5.41, 5.74) is 2.15. The zero-order chi connectivity index (χ0) is 24.2. The number of hydrogen-bond donors (Lipinski definition) is 1. The van der Waals surface area contributed by atoms with Crippen molar-refractivity contribution in [1.82, 2.24) is 10.2 Å². The van der Waals surface area contributed by atoms with Crippen LogP contribution in [-0.4, -0.2) is 42.5 Å². The normalized spacial score (nSPS) is 12.5. The van der Waals surface area contributed by atoms with Crippen molar-refractivity contribution < 1.29 is 19.1 Å². The van der Waals surface area contributed by atoms with Crippen LogP contribution in [0.4, 0.5) is 0 Å². The highest BCUT2D eigenvalue weighted by atomic mass is 16.5. The van der Waals surface area contributed by atoms with Crippen LogP contribution in [0.25, 0.3) is 0 Å². The van der Waals surface area contributed by atoms with Crippen LogP contribution in [0.15, 0.2) is 48.5 Å². The van der Waals surface area contributed by atoms with Crippen LogP contribution in [0.1, 0.15) is 57.6 Å². The molecule has 0 bridgehead atoms. The molecule has 6 heteroatoms. The number of nitrogens with one attached hydrogen (secondary N) is 1. The van der Waals surface area contributed by atoms with Crippen LogP contribution >= 0.6 is 0 Å². The lowest BCUT2D eigenvalue weighted by molar-refractivity contribution is -0.141. The number of nitrogens with zero attached hydrogens (tertiary/aromatic N) is 1. The Bertz CT molecular complexity index is 882. The number of carbonyl (C=O) groups is 2. The zero-order valence-corrected chi connectivity index (χ0v) is 20.6. The standard InChI is InChI=1S/C27H38N2O4/c1-6-21(4)28-27(31)25(7-2)29(19-22-11-8-10-20(3)18-22)26(30)12-9-17-33-24-15-13-23(32-5)14-16-24/h8,10-11,13-16,18,21,25H,6-7,9,12,17,19H2,1-5H3,(H,28,31)/t21-,25+/m0/s1. The van der Waals surface area contributed by atoms with Gasteiger partial charge in [0.2, 0.25) is 11.8 Å². The van der Waals surface area contributed by atoms with Crippen LogP contribution in [0.5, 0.6) is 11.5 Å². The second-order valence-corrected chi connectivity index (χ2v) is 8.38. The summed E-state index contributed by atoms with van der Waals surface area (Å²) in [6.45, 7) is 8.82. The van der Waals surface area contributed by atoms with Gasteiger partial charge >= 0.3 is 0 Å². The maximum atomic E-state index is 13.3. The number of amides is 2. The lowest BCUT2D eigenvalue weighted by Gasteiger charge is -2.31. The van der Waals surface area contributed by atoms with E-state index in [1.54, 1.807) is 12.0 Å². The maximum absolute atomic E-state index is 13.3. The number of aryl methyl sites for hydroxylation is 1. The molecule has 0 aliphatic rings. The molecule has 2 aromatic carbocycles. The van der Waals surface area contributed by atoms with Crippen molar-refractivity contribution in [2.75, 3.05) is 13.7 Å². The van der Waals surface area contributed by atoms with Gasteiger partial charge in [-0.05, 0) is 62.9 Å². The molecule has 0 heterocycles. The van der Waals surface area contributed by atoms with E-state index in [2.05, 4.69) is 11.4 Å². The summed E-state index contributed by atoms with van der Waals surface area (Å²) in [7, 11) is 1.62. The van der Waals surface area contributed by atoms with Gasteiger partial charge in [-0.3, -0.25) is 9.59 Å². The molecule has 0 saturated heterocycles. The Morgan fingerprint density at radius 3 is 2.33 bits per heavy atom. The maximum Gasteiger partial charge on any atom is 0.243 e. The van der Waals surface area contributed by atoms with Crippen molar-refractivity contribution >= 4 is 11.8 Å². The summed E-state index contributed by atoms with van der Waals surface area (Å²) in [4.78, 5) is 28.0.